The van der Waals surface area contributed by atoms with Crippen LogP contribution in [0, 0.1) is 5.82 Å². The number of halogens is 1. The largest absolute Gasteiger partial charge is 0.326 e. The second-order valence-electron chi connectivity index (χ2n) is 5.38. The van der Waals surface area contributed by atoms with Crippen molar-refractivity contribution in [3.63, 3.8) is 0 Å². The number of hydrogen-bond acceptors (Lipinski definition) is 3. The Morgan fingerprint density at radius 2 is 2.05 bits per heavy atom. The molecular weight excluding hydrogens is 271 g/mol. The van der Waals surface area contributed by atoms with Crippen LogP contribution >= 0.6 is 11.3 Å². The zero-order chi connectivity index (χ0) is 13.9. The highest BCUT2D eigenvalue weighted by atomic mass is 32.1. The molecule has 1 aliphatic carbocycles. The molecule has 2 aromatic rings. The van der Waals surface area contributed by atoms with Crippen molar-refractivity contribution in [2.45, 2.75) is 38.5 Å². The Bertz CT molecular complexity index is 564. The maximum Gasteiger partial charge on any atom is 0.123 e. The molecule has 20 heavy (non-hydrogen) atoms. The predicted molar refractivity (Wildman–Crippen MR) is 80.9 cm³/mol. The molecule has 106 valence electrons. The first-order valence-electron chi connectivity index (χ1n) is 6.99. The van der Waals surface area contributed by atoms with E-state index in [1.165, 1.54) is 24.5 Å². The molecule has 0 radical (unpaired) electrons. The average Bonchev–Trinajstić information content (AvgIpc) is 3.17. The van der Waals surface area contributed by atoms with Gasteiger partial charge in [-0.3, -0.25) is 4.90 Å². The Hall–Kier alpha value is -1.23. The van der Waals surface area contributed by atoms with Crippen LogP contribution in [0.25, 0.3) is 0 Å². The zero-order valence-corrected chi connectivity index (χ0v) is 12.2. The van der Waals surface area contributed by atoms with E-state index >= 15 is 0 Å². The quantitative estimate of drug-likeness (QED) is 0.882. The van der Waals surface area contributed by atoms with Crippen LogP contribution in [0.4, 0.5) is 4.39 Å². The highest BCUT2D eigenvalue weighted by Gasteiger charge is 2.29. The standard InChI is InChI=1S/C16H19FN2S/c17-15-2-1-13(8-18)14(7-15)10-19(16-3-4-16)9-12-5-6-20-11-12/h1-2,5-7,11,16H,3-4,8-10,18H2. The molecule has 3 rings (SSSR count). The molecule has 0 amide bonds. The van der Waals surface area contributed by atoms with Crippen LogP contribution in [0.5, 0.6) is 0 Å². The molecule has 2 nitrogen and oxygen atoms in total. The third-order valence-electron chi connectivity index (χ3n) is 3.79. The summed E-state index contributed by atoms with van der Waals surface area (Å²) in [4.78, 5) is 2.44. The van der Waals surface area contributed by atoms with E-state index in [0.29, 0.717) is 12.6 Å². The number of nitrogens with zero attached hydrogens (tertiary/aromatic N) is 1. The van der Waals surface area contributed by atoms with Gasteiger partial charge in [-0.15, -0.1) is 0 Å². The lowest BCUT2D eigenvalue weighted by atomic mass is 10.1. The lowest BCUT2D eigenvalue weighted by Gasteiger charge is -2.23. The smallest absolute Gasteiger partial charge is 0.123 e. The molecule has 0 bridgehead atoms. The number of benzene rings is 1. The Morgan fingerprint density at radius 1 is 1.20 bits per heavy atom. The van der Waals surface area contributed by atoms with Crippen molar-refractivity contribution in [3.05, 3.63) is 57.5 Å². The first kappa shape index (κ1) is 13.7. The lowest BCUT2D eigenvalue weighted by molar-refractivity contribution is 0.245. The Kier molecular flexibility index (Phi) is 4.15. The van der Waals surface area contributed by atoms with Gasteiger partial charge in [-0.1, -0.05) is 6.07 Å². The summed E-state index contributed by atoms with van der Waals surface area (Å²) in [5.41, 5.74) is 9.17. The Balaban J connectivity index is 1.77. The second kappa shape index (κ2) is 6.04. The van der Waals surface area contributed by atoms with E-state index < -0.39 is 0 Å². The van der Waals surface area contributed by atoms with Gasteiger partial charge in [-0.25, -0.2) is 4.39 Å². The first-order valence-corrected chi connectivity index (χ1v) is 7.93. The van der Waals surface area contributed by atoms with Crippen molar-refractivity contribution in [3.8, 4) is 0 Å². The summed E-state index contributed by atoms with van der Waals surface area (Å²) in [7, 11) is 0. The molecule has 4 heteroatoms. The number of rotatable bonds is 6. The van der Waals surface area contributed by atoms with Crippen LogP contribution in [0.1, 0.15) is 29.5 Å². The molecule has 1 saturated carbocycles. The van der Waals surface area contributed by atoms with E-state index in [1.54, 1.807) is 23.5 Å². The van der Waals surface area contributed by atoms with Crippen LogP contribution in [0.15, 0.2) is 35.0 Å². The predicted octanol–water partition coefficient (Wildman–Crippen LogP) is 3.51. The summed E-state index contributed by atoms with van der Waals surface area (Å²) in [6.07, 6.45) is 2.49. The first-order chi connectivity index (χ1) is 9.76. The van der Waals surface area contributed by atoms with Crippen LogP contribution in [-0.4, -0.2) is 10.9 Å². The average molecular weight is 290 g/mol. The van der Waals surface area contributed by atoms with E-state index in [1.807, 2.05) is 0 Å². The van der Waals surface area contributed by atoms with Gasteiger partial charge < -0.3 is 5.73 Å². The van der Waals surface area contributed by atoms with Gasteiger partial charge in [-0.05, 0) is 58.5 Å². The highest BCUT2D eigenvalue weighted by Crippen LogP contribution is 2.30. The van der Waals surface area contributed by atoms with Crippen molar-refractivity contribution < 1.29 is 4.39 Å². The third kappa shape index (κ3) is 3.26. The monoisotopic (exact) mass is 290 g/mol. The molecule has 1 aromatic heterocycles. The van der Waals surface area contributed by atoms with Crippen LogP contribution in [0.2, 0.25) is 0 Å². The van der Waals surface area contributed by atoms with Crippen molar-refractivity contribution in [1.29, 1.82) is 0 Å². The Morgan fingerprint density at radius 3 is 2.70 bits per heavy atom. The molecule has 1 fully saturated rings. The van der Waals surface area contributed by atoms with Gasteiger partial charge in [0, 0.05) is 25.7 Å². The van der Waals surface area contributed by atoms with E-state index in [0.717, 1.165) is 24.2 Å². The summed E-state index contributed by atoms with van der Waals surface area (Å²) in [5.74, 6) is -0.177. The minimum absolute atomic E-state index is 0.177. The van der Waals surface area contributed by atoms with Crippen molar-refractivity contribution in [2.24, 2.45) is 5.73 Å². The minimum atomic E-state index is -0.177. The van der Waals surface area contributed by atoms with Crippen LogP contribution in [-0.2, 0) is 19.6 Å². The molecule has 1 heterocycles. The van der Waals surface area contributed by atoms with Gasteiger partial charge >= 0.3 is 0 Å². The molecule has 1 aromatic carbocycles. The molecule has 2 N–H and O–H groups in total. The van der Waals surface area contributed by atoms with Gasteiger partial charge in [0.1, 0.15) is 5.82 Å². The fourth-order valence-corrected chi connectivity index (χ4v) is 3.19. The summed E-state index contributed by atoms with van der Waals surface area (Å²) < 4.78 is 13.5. The van der Waals surface area contributed by atoms with E-state index in [2.05, 4.69) is 21.7 Å². The fraction of sp³-hybridized carbons (Fsp3) is 0.375. The summed E-state index contributed by atoms with van der Waals surface area (Å²) in [5, 5.41) is 4.29. The zero-order valence-electron chi connectivity index (χ0n) is 11.4. The van der Waals surface area contributed by atoms with Crippen molar-refractivity contribution in [2.75, 3.05) is 0 Å². The number of nitrogens with two attached hydrogens (primary N) is 1. The van der Waals surface area contributed by atoms with Gasteiger partial charge in [0.2, 0.25) is 0 Å². The van der Waals surface area contributed by atoms with Gasteiger partial charge in [-0.2, -0.15) is 11.3 Å². The van der Waals surface area contributed by atoms with Crippen molar-refractivity contribution >= 4 is 11.3 Å². The Labute approximate surface area is 123 Å². The molecule has 0 spiro atoms. The van der Waals surface area contributed by atoms with E-state index in [-0.39, 0.29) is 5.82 Å². The SMILES string of the molecule is NCc1ccc(F)cc1CN(Cc1ccsc1)C1CC1. The van der Waals surface area contributed by atoms with Gasteiger partial charge in [0.25, 0.3) is 0 Å². The normalized spacial score (nSPS) is 14.9. The number of thiophene rings is 1. The van der Waals surface area contributed by atoms with Crippen LogP contribution in [0.3, 0.4) is 0 Å². The fourth-order valence-electron chi connectivity index (χ4n) is 2.53. The van der Waals surface area contributed by atoms with Crippen LogP contribution < -0.4 is 5.73 Å². The lowest BCUT2D eigenvalue weighted by Crippen LogP contribution is -2.25. The summed E-state index contributed by atoms with van der Waals surface area (Å²) >= 11 is 1.72. The second-order valence-corrected chi connectivity index (χ2v) is 6.16. The summed E-state index contributed by atoms with van der Waals surface area (Å²) in [6, 6.07) is 7.73. The molecule has 0 saturated heterocycles. The molecule has 0 aliphatic heterocycles. The highest BCUT2D eigenvalue weighted by molar-refractivity contribution is 7.07. The molecule has 0 unspecified atom stereocenters. The van der Waals surface area contributed by atoms with Gasteiger partial charge in [0.05, 0.1) is 0 Å². The third-order valence-corrected chi connectivity index (χ3v) is 4.52. The molecule has 0 atom stereocenters. The molecule has 1 aliphatic rings. The topological polar surface area (TPSA) is 29.3 Å². The number of hydrogen-bond donors (Lipinski definition) is 1. The van der Waals surface area contributed by atoms with E-state index in [9.17, 15) is 4.39 Å². The maximum absolute atomic E-state index is 13.5. The van der Waals surface area contributed by atoms with Gasteiger partial charge in [0.15, 0.2) is 0 Å². The summed E-state index contributed by atoms with van der Waals surface area (Å²) in [6.45, 7) is 2.19. The van der Waals surface area contributed by atoms with E-state index in [4.69, 9.17) is 5.73 Å². The maximum atomic E-state index is 13.5. The van der Waals surface area contributed by atoms with Crippen molar-refractivity contribution in [1.82, 2.24) is 4.90 Å². The minimum Gasteiger partial charge on any atom is -0.326 e. The molecular formula is C16H19FN2S.